The Kier molecular flexibility index (Phi) is 4.79. The molecule has 2 aromatic rings. The first-order chi connectivity index (χ1) is 11.6. The van der Waals surface area contributed by atoms with Crippen LogP contribution in [0, 0.1) is 0 Å². The second-order valence-electron chi connectivity index (χ2n) is 5.94. The van der Waals surface area contributed by atoms with Crippen LogP contribution in [0.15, 0.2) is 48.5 Å². The molecule has 0 saturated heterocycles. The summed E-state index contributed by atoms with van der Waals surface area (Å²) >= 11 is 0. The number of nitrogens with one attached hydrogen (secondary N) is 2. The van der Waals surface area contributed by atoms with Gasteiger partial charge in [-0.25, -0.2) is 0 Å². The normalized spacial score (nSPS) is 15.6. The van der Waals surface area contributed by atoms with Crippen molar-refractivity contribution < 1.29 is 14.7 Å². The van der Waals surface area contributed by atoms with Crippen molar-refractivity contribution in [2.75, 3.05) is 6.54 Å². The third kappa shape index (κ3) is 3.74. The number of benzene rings is 2. The molecule has 5 nitrogen and oxygen atoms in total. The molecule has 0 aromatic heterocycles. The van der Waals surface area contributed by atoms with Crippen LogP contribution in [0.25, 0.3) is 0 Å². The van der Waals surface area contributed by atoms with Gasteiger partial charge in [0.15, 0.2) is 0 Å². The Labute approximate surface area is 140 Å². The number of amides is 2. The molecule has 0 aliphatic heterocycles. The van der Waals surface area contributed by atoms with Crippen molar-refractivity contribution in [2.45, 2.75) is 25.3 Å². The molecule has 0 radical (unpaired) electrons. The Morgan fingerprint density at radius 3 is 2.62 bits per heavy atom. The summed E-state index contributed by atoms with van der Waals surface area (Å²) in [5.41, 5.74) is 2.77. The lowest BCUT2D eigenvalue weighted by Crippen LogP contribution is -2.38. The zero-order chi connectivity index (χ0) is 16.9. The minimum Gasteiger partial charge on any atom is -0.508 e. The number of carbonyl (C=O) groups is 2. The monoisotopic (exact) mass is 324 g/mol. The predicted molar refractivity (Wildman–Crippen MR) is 90.5 cm³/mol. The quantitative estimate of drug-likeness (QED) is 0.785. The maximum absolute atomic E-state index is 12.1. The van der Waals surface area contributed by atoms with Crippen molar-refractivity contribution >= 4 is 11.8 Å². The van der Waals surface area contributed by atoms with Crippen molar-refractivity contribution in [2.24, 2.45) is 0 Å². The number of aromatic hydroxyl groups is 1. The highest BCUT2D eigenvalue weighted by atomic mass is 16.3. The molecule has 1 aliphatic carbocycles. The Morgan fingerprint density at radius 2 is 1.83 bits per heavy atom. The Bertz CT molecular complexity index is 744. The molecule has 1 aliphatic rings. The van der Waals surface area contributed by atoms with E-state index in [4.69, 9.17) is 0 Å². The predicted octanol–water partition coefficient (Wildman–Crippen LogP) is 1.85. The second-order valence-corrected chi connectivity index (χ2v) is 5.94. The van der Waals surface area contributed by atoms with Crippen LogP contribution >= 0.6 is 0 Å². The van der Waals surface area contributed by atoms with Gasteiger partial charge < -0.3 is 15.7 Å². The van der Waals surface area contributed by atoms with Crippen molar-refractivity contribution in [3.8, 4) is 5.75 Å². The zero-order valence-corrected chi connectivity index (χ0v) is 13.3. The number of hydrogen-bond acceptors (Lipinski definition) is 3. The van der Waals surface area contributed by atoms with Gasteiger partial charge in [0.25, 0.3) is 0 Å². The first-order valence-corrected chi connectivity index (χ1v) is 8.04. The van der Waals surface area contributed by atoms with E-state index in [-0.39, 0.29) is 36.6 Å². The van der Waals surface area contributed by atoms with Crippen molar-refractivity contribution in [3.63, 3.8) is 0 Å². The van der Waals surface area contributed by atoms with E-state index in [1.54, 1.807) is 12.1 Å². The molecule has 3 N–H and O–H groups in total. The molecule has 0 fully saturated rings. The van der Waals surface area contributed by atoms with Crippen LogP contribution in [0.5, 0.6) is 5.75 Å². The van der Waals surface area contributed by atoms with E-state index in [1.807, 2.05) is 36.4 Å². The van der Waals surface area contributed by atoms with E-state index < -0.39 is 0 Å². The molecule has 1 atom stereocenters. The summed E-state index contributed by atoms with van der Waals surface area (Å²) in [4.78, 5) is 23.9. The fourth-order valence-electron chi connectivity index (χ4n) is 3.05. The first-order valence-electron chi connectivity index (χ1n) is 8.04. The van der Waals surface area contributed by atoms with Crippen LogP contribution < -0.4 is 10.6 Å². The summed E-state index contributed by atoms with van der Waals surface area (Å²) in [7, 11) is 0. The van der Waals surface area contributed by atoms with Crippen LogP contribution in [0.4, 0.5) is 0 Å². The van der Waals surface area contributed by atoms with Gasteiger partial charge in [-0.2, -0.15) is 0 Å². The van der Waals surface area contributed by atoms with Gasteiger partial charge in [-0.15, -0.1) is 0 Å². The smallest absolute Gasteiger partial charge is 0.239 e. The number of fused-ring (bicyclic) bond motifs is 1. The van der Waals surface area contributed by atoms with Crippen LogP contribution in [0.1, 0.15) is 29.2 Å². The average Bonchev–Trinajstić information content (AvgIpc) is 2.98. The van der Waals surface area contributed by atoms with Gasteiger partial charge in [-0.1, -0.05) is 42.5 Å². The van der Waals surface area contributed by atoms with Crippen LogP contribution in [0.2, 0.25) is 0 Å². The van der Waals surface area contributed by atoms with Crippen molar-refractivity contribution in [3.05, 3.63) is 65.2 Å². The van der Waals surface area contributed by atoms with E-state index in [1.165, 1.54) is 0 Å². The third-order valence-corrected chi connectivity index (χ3v) is 4.23. The maximum atomic E-state index is 12.1. The van der Waals surface area contributed by atoms with Gasteiger partial charge >= 0.3 is 0 Å². The third-order valence-electron chi connectivity index (χ3n) is 4.23. The van der Waals surface area contributed by atoms with Crippen LogP contribution in [0.3, 0.4) is 0 Å². The Hall–Kier alpha value is -2.82. The molecule has 2 aromatic carbocycles. The molecule has 0 heterocycles. The standard InChI is InChI=1S/C19H20N2O3/c22-17-8-4-7-14-15(17)9-10-16(14)21-19(24)12-20-18(23)11-13-5-2-1-3-6-13/h1-8,16,22H,9-12H2,(H,20,23)(H,21,24)/t16-/m1/s1. The first kappa shape index (κ1) is 16.1. The summed E-state index contributed by atoms with van der Waals surface area (Å²) in [6.45, 7) is -0.0453. The fraction of sp³-hybridized carbons (Fsp3) is 0.263. The number of phenols is 1. The largest absolute Gasteiger partial charge is 0.508 e. The van der Waals surface area contributed by atoms with Gasteiger partial charge in [-0.3, -0.25) is 9.59 Å². The van der Waals surface area contributed by atoms with Crippen LogP contribution in [-0.2, 0) is 22.4 Å². The highest BCUT2D eigenvalue weighted by Crippen LogP contribution is 2.36. The molecular weight excluding hydrogens is 304 g/mol. The lowest BCUT2D eigenvalue weighted by Gasteiger charge is -2.14. The molecular formula is C19H20N2O3. The molecule has 0 spiro atoms. The summed E-state index contributed by atoms with van der Waals surface area (Å²) in [6.07, 6.45) is 1.76. The average molecular weight is 324 g/mol. The molecule has 24 heavy (non-hydrogen) atoms. The summed E-state index contributed by atoms with van der Waals surface area (Å²) in [5.74, 6) is -0.126. The zero-order valence-electron chi connectivity index (χ0n) is 13.3. The SMILES string of the molecule is O=C(Cc1ccccc1)NCC(=O)N[C@@H]1CCc2c(O)cccc21. The van der Waals surface area contributed by atoms with Gasteiger partial charge in [0.05, 0.1) is 19.0 Å². The van der Waals surface area contributed by atoms with Gasteiger partial charge in [0.1, 0.15) is 5.75 Å². The minimum absolute atomic E-state index is 0.0453. The van der Waals surface area contributed by atoms with Gasteiger partial charge in [-0.05, 0) is 35.6 Å². The molecule has 5 heteroatoms. The molecule has 0 saturated carbocycles. The molecule has 0 unspecified atom stereocenters. The number of hydrogen-bond donors (Lipinski definition) is 3. The fourth-order valence-corrected chi connectivity index (χ4v) is 3.05. The van der Waals surface area contributed by atoms with Crippen LogP contribution in [-0.4, -0.2) is 23.5 Å². The van der Waals surface area contributed by atoms with Gasteiger partial charge in [0, 0.05) is 0 Å². The number of rotatable bonds is 5. The van der Waals surface area contributed by atoms with E-state index in [0.29, 0.717) is 0 Å². The van der Waals surface area contributed by atoms with E-state index >= 15 is 0 Å². The molecule has 124 valence electrons. The maximum Gasteiger partial charge on any atom is 0.239 e. The van der Waals surface area contributed by atoms with Crippen molar-refractivity contribution in [1.82, 2.24) is 10.6 Å². The number of phenolic OH excluding ortho intramolecular Hbond substituents is 1. The molecule has 3 rings (SSSR count). The lowest BCUT2D eigenvalue weighted by molar-refractivity contribution is -0.126. The summed E-state index contributed by atoms with van der Waals surface area (Å²) < 4.78 is 0. The van der Waals surface area contributed by atoms with Crippen molar-refractivity contribution in [1.29, 1.82) is 0 Å². The summed E-state index contributed by atoms with van der Waals surface area (Å²) in [6, 6.07) is 14.7. The summed E-state index contributed by atoms with van der Waals surface area (Å²) in [5, 5.41) is 15.4. The lowest BCUT2D eigenvalue weighted by atomic mass is 10.1. The molecule has 2 amide bonds. The Morgan fingerprint density at radius 1 is 1.04 bits per heavy atom. The minimum atomic E-state index is -0.224. The highest BCUT2D eigenvalue weighted by Gasteiger charge is 2.25. The Balaban J connectivity index is 1.49. The molecule has 0 bridgehead atoms. The van der Waals surface area contributed by atoms with Gasteiger partial charge in [0.2, 0.25) is 11.8 Å². The highest BCUT2D eigenvalue weighted by molar-refractivity contribution is 5.86. The topological polar surface area (TPSA) is 78.4 Å². The van der Waals surface area contributed by atoms with E-state index in [9.17, 15) is 14.7 Å². The van der Waals surface area contributed by atoms with E-state index in [2.05, 4.69) is 10.6 Å². The van der Waals surface area contributed by atoms with E-state index in [0.717, 1.165) is 29.5 Å². The number of carbonyl (C=O) groups excluding carboxylic acids is 2. The second kappa shape index (κ2) is 7.17.